The minimum absolute atomic E-state index is 0.111. The van der Waals surface area contributed by atoms with Gasteiger partial charge < -0.3 is 10.0 Å². The summed E-state index contributed by atoms with van der Waals surface area (Å²) in [5.74, 6) is -0.775. The number of carboxylic acids is 1. The van der Waals surface area contributed by atoms with Crippen molar-refractivity contribution in [2.24, 2.45) is 0 Å². The molecule has 0 radical (unpaired) electrons. The summed E-state index contributed by atoms with van der Waals surface area (Å²) in [7, 11) is 0. The maximum absolute atomic E-state index is 13.1. The van der Waals surface area contributed by atoms with Crippen LogP contribution in [0, 0.1) is 5.82 Å². The van der Waals surface area contributed by atoms with Gasteiger partial charge in [0, 0.05) is 17.2 Å². The molecular weight excluding hydrogens is 449 g/mol. The fourth-order valence-corrected chi connectivity index (χ4v) is 4.13. The minimum atomic E-state index is -1.04. The molecule has 7 heteroatoms. The first kappa shape index (κ1) is 20.5. The normalized spacial score (nSPS) is 16.1. The van der Waals surface area contributed by atoms with Gasteiger partial charge in [0.15, 0.2) is 0 Å². The van der Waals surface area contributed by atoms with Crippen molar-refractivity contribution in [2.75, 3.05) is 11.4 Å². The van der Waals surface area contributed by atoms with E-state index in [0.717, 1.165) is 29.4 Å². The highest BCUT2D eigenvalue weighted by atomic mass is 79.9. The highest BCUT2D eigenvalue weighted by molar-refractivity contribution is 9.10. The van der Waals surface area contributed by atoms with E-state index in [1.54, 1.807) is 12.1 Å². The Balaban J connectivity index is 1.60. The van der Waals surface area contributed by atoms with E-state index in [-0.39, 0.29) is 17.4 Å². The molecule has 154 valence electrons. The van der Waals surface area contributed by atoms with Gasteiger partial charge in [0.1, 0.15) is 5.82 Å². The number of halogens is 2. The van der Waals surface area contributed by atoms with Gasteiger partial charge in [-0.05, 0) is 61.1 Å². The van der Waals surface area contributed by atoms with Crippen LogP contribution in [0.3, 0.4) is 0 Å². The molecule has 0 bridgehead atoms. The van der Waals surface area contributed by atoms with Gasteiger partial charge in [0.2, 0.25) is 5.95 Å². The van der Waals surface area contributed by atoms with Crippen LogP contribution >= 0.6 is 15.9 Å². The Bertz CT molecular complexity index is 1040. The molecule has 2 aromatic carbocycles. The lowest BCUT2D eigenvalue weighted by Gasteiger charge is -2.25. The van der Waals surface area contributed by atoms with Crippen LogP contribution in [0.15, 0.2) is 59.2 Å². The summed E-state index contributed by atoms with van der Waals surface area (Å²) < 4.78 is 14.2. The third-order valence-electron chi connectivity index (χ3n) is 5.41. The fraction of sp³-hybridized carbons (Fsp3) is 0.261. The summed E-state index contributed by atoms with van der Waals surface area (Å²) in [5.41, 5.74) is 2.73. The largest absolute Gasteiger partial charge is 0.478 e. The Labute approximate surface area is 182 Å². The van der Waals surface area contributed by atoms with Crippen molar-refractivity contribution >= 4 is 27.8 Å². The Morgan fingerprint density at radius 2 is 1.87 bits per heavy atom. The molecule has 30 heavy (non-hydrogen) atoms. The van der Waals surface area contributed by atoms with Crippen LogP contribution in [0.2, 0.25) is 0 Å². The number of hydrogen-bond donors (Lipinski definition) is 1. The third kappa shape index (κ3) is 4.51. The van der Waals surface area contributed by atoms with Crippen molar-refractivity contribution in [1.82, 2.24) is 9.97 Å². The molecule has 2 heterocycles. The smallest absolute Gasteiger partial charge is 0.339 e. The molecule has 5 nitrogen and oxygen atoms in total. The summed E-state index contributed by atoms with van der Waals surface area (Å²) in [6, 6.07) is 14.6. The van der Waals surface area contributed by atoms with Crippen LogP contribution in [0.4, 0.5) is 10.3 Å². The standard InChI is InChI=1S/C23H21BrFN3O2/c24-17-8-6-16(7-9-17)21-2-1-13-28(21)23-26-14-19(22(29)30)20(27-23)12-5-15-3-10-18(25)11-4-15/h3-4,6-11,14,21H,1-2,5,12-13H2,(H,29,30)/t21-/m1/s1. The zero-order valence-corrected chi connectivity index (χ0v) is 17.8. The van der Waals surface area contributed by atoms with Gasteiger partial charge in [-0.2, -0.15) is 0 Å². The zero-order valence-electron chi connectivity index (χ0n) is 16.3. The highest BCUT2D eigenvalue weighted by Crippen LogP contribution is 2.35. The first-order chi connectivity index (χ1) is 14.5. The maximum Gasteiger partial charge on any atom is 0.339 e. The second-order valence-corrected chi connectivity index (χ2v) is 8.28. The van der Waals surface area contributed by atoms with Crippen molar-refractivity contribution in [3.8, 4) is 0 Å². The van der Waals surface area contributed by atoms with Gasteiger partial charge in [0.05, 0.1) is 17.3 Å². The quantitative estimate of drug-likeness (QED) is 0.536. The topological polar surface area (TPSA) is 66.3 Å². The molecule has 1 atom stereocenters. The Kier molecular flexibility index (Phi) is 6.08. The van der Waals surface area contributed by atoms with E-state index >= 15 is 0 Å². The van der Waals surface area contributed by atoms with E-state index in [9.17, 15) is 14.3 Å². The molecule has 0 saturated carbocycles. The molecule has 4 rings (SSSR count). The van der Waals surface area contributed by atoms with Crippen molar-refractivity contribution in [3.05, 3.63) is 87.4 Å². The maximum atomic E-state index is 13.1. The summed E-state index contributed by atoms with van der Waals surface area (Å²) >= 11 is 3.47. The van der Waals surface area contributed by atoms with Crippen LogP contribution < -0.4 is 4.90 Å². The molecule has 1 aromatic heterocycles. The molecule has 0 aliphatic carbocycles. The number of anilines is 1. The van der Waals surface area contributed by atoms with E-state index < -0.39 is 5.97 Å². The average Bonchev–Trinajstić information content (AvgIpc) is 3.23. The highest BCUT2D eigenvalue weighted by Gasteiger charge is 2.29. The number of carboxylic acid groups (broad SMARTS) is 1. The molecule has 0 amide bonds. The van der Waals surface area contributed by atoms with Crippen LogP contribution in [-0.2, 0) is 12.8 Å². The third-order valence-corrected chi connectivity index (χ3v) is 5.94. The monoisotopic (exact) mass is 469 g/mol. The van der Waals surface area contributed by atoms with Crippen molar-refractivity contribution in [2.45, 2.75) is 31.7 Å². The average molecular weight is 470 g/mol. The van der Waals surface area contributed by atoms with Gasteiger partial charge in [-0.1, -0.05) is 40.2 Å². The number of nitrogens with zero attached hydrogens (tertiary/aromatic N) is 3. The van der Waals surface area contributed by atoms with Gasteiger partial charge in [0.25, 0.3) is 0 Å². The number of carbonyl (C=O) groups is 1. The zero-order chi connectivity index (χ0) is 21.1. The number of aromatic carboxylic acids is 1. The summed E-state index contributed by atoms with van der Waals surface area (Å²) in [5, 5.41) is 9.56. The lowest BCUT2D eigenvalue weighted by Crippen LogP contribution is -2.25. The predicted molar refractivity (Wildman–Crippen MR) is 116 cm³/mol. The fourth-order valence-electron chi connectivity index (χ4n) is 3.87. The lowest BCUT2D eigenvalue weighted by atomic mass is 10.0. The van der Waals surface area contributed by atoms with E-state index in [4.69, 9.17) is 0 Å². The first-order valence-electron chi connectivity index (χ1n) is 9.87. The molecule has 0 spiro atoms. The predicted octanol–water partition coefficient (Wildman–Crippen LogP) is 5.20. The molecule has 3 aromatic rings. The lowest BCUT2D eigenvalue weighted by molar-refractivity contribution is 0.0694. The number of aromatic nitrogens is 2. The molecule has 1 aliphatic rings. The van der Waals surface area contributed by atoms with Gasteiger partial charge >= 0.3 is 5.97 Å². The van der Waals surface area contributed by atoms with E-state index in [1.807, 2.05) is 12.1 Å². The summed E-state index contributed by atoms with van der Waals surface area (Å²) in [6.07, 6.45) is 4.45. The Morgan fingerprint density at radius 3 is 2.57 bits per heavy atom. The number of benzene rings is 2. The van der Waals surface area contributed by atoms with Gasteiger partial charge in [-0.25, -0.2) is 19.2 Å². The summed E-state index contributed by atoms with van der Waals surface area (Å²) in [4.78, 5) is 22.9. The van der Waals surface area contributed by atoms with Crippen LogP contribution in [0.25, 0.3) is 0 Å². The first-order valence-corrected chi connectivity index (χ1v) is 10.7. The van der Waals surface area contributed by atoms with Crippen molar-refractivity contribution in [1.29, 1.82) is 0 Å². The molecule has 1 N–H and O–H groups in total. The van der Waals surface area contributed by atoms with Crippen LogP contribution in [-0.4, -0.2) is 27.6 Å². The summed E-state index contributed by atoms with van der Waals surface area (Å²) in [6.45, 7) is 0.824. The second kappa shape index (κ2) is 8.92. The van der Waals surface area contributed by atoms with Gasteiger partial charge in [-0.15, -0.1) is 0 Å². The van der Waals surface area contributed by atoms with Crippen molar-refractivity contribution < 1.29 is 14.3 Å². The Hall–Kier alpha value is -2.80. The molecule has 0 unspecified atom stereocenters. The molecule has 1 saturated heterocycles. The van der Waals surface area contributed by atoms with E-state index in [1.165, 1.54) is 23.9 Å². The van der Waals surface area contributed by atoms with Crippen LogP contribution in [0.5, 0.6) is 0 Å². The molecule has 1 aliphatic heterocycles. The Morgan fingerprint density at radius 1 is 1.13 bits per heavy atom. The SMILES string of the molecule is O=C(O)c1cnc(N2CCC[C@@H]2c2ccc(Br)cc2)nc1CCc1ccc(F)cc1. The molecular formula is C23H21BrFN3O2. The van der Waals surface area contributed by atoms with Gasteiger partial charge in [-0.3, -0.25) is 0 Å². The van der Waals surface area contributed by atoms with E-state index in [2.05, 4.69) is 42.9 Å². The van der Waals surface area contributed by atoms with Crippen LogP contribution in [0.1, 0.15) is 46.1 Å². The number of rotatable bonds is 6. The second-order valence-electron chi connectivity index (χ2n) is 7.36. The van der Waals surface area contributed by atoms with E-state index in [0.29, 0.717) is 24.5 Å². The van der Waals surface area contributed by atoms with Crippen molar-refractivity contribution in [3.63, 3.8) is 0 Å². The minimum Gasteiger partial charge on any atom is -0.478 e. The number of hydrogen-bond acceptors (Lipinski definition) is 4. The number of aryl methyl sites for hydroxylation is 2. The molecule has 1 fully saturated rings.